The number of aliphatic hydroxyl groups is 1. The van der Waals surface area contributed by atoms with Crippen LogP contribution in [0.3, 0.4) is 0 Å². The van der Waals surface area contributed by atoms with E-state index in [9.17, 15) is 14.7 Å². The molecule has 2 amide bonds. The molecule has 2 fully saturated rings. The molecule has 3 N–H and O–H groups in total. The van der Waals surface area contributed by atoms with Crippen molar-refractivity contribution in [1.82, 2.24) is 10.6 Å². The molecule has 22 heavy (non-hydrogen) atoms. The Hall–Kier alpha value is -1.40. The number of aliphatic hydroxyl groups excluding tert-OH is 1. The Morgan fingerprint density at radius 1 is 1.14 bits per heavy atom. The molecule has 0 spiro atoms. The molecule has 0 aromatic rings. The van der Waals surface area contributed by atoms with Gasteiger partial charge in [0.05, 0.1) is 25.2 Å². The van der Waals surface area contributed by atoms with Crippen LogP contribution in [0.15, 0.2) is 12.2 Å². The maximum atomic E-state index is 11.9. The van der Waals surface area contributed by atoms with Crippen LogP contribution in [0.2, 0.25) is 0 Å². The number of hydrogen-bond acceptors (Lipinski definition) is 4. The molecule has 2 aliphatic carbocycles. The third kappa shape index (κ3) is 3.87. The molecule has 6 nitrogen and oxygen atoms in total. The molecule has 1 aliphatic heterocycles. The molecule has 0 bridgehead atoms. The molecule has 3 aliphatic rings. The van der Waals surface area contributed by atoms with Crippen molar-refractivity contribution >= 4 is 11.8 Å². The van der Waals surface area contributed by atoms with Crippen LogP contribution in [-0.2, 0) is 14.3 Å². The molecule has 2 saturated carbocycles. The van der Waals surface area contributed by atoms with E-state index < -0.39 is 6.10 Å². The SMILES string of the molecule is O=C(C[C@H]1C=C[C@H](NC(=O)C2CC2)[C@@H](CO)O1)NC1CCC1. The minimum Gasteiger partial charge on any atom is -0.394 e. The first kappa shape index (κ1) is 15.5. The zero-order valence-corrected chi connectivity index (χ0v) is 12.7. The normalized spacial score (nSPS) is 31.4. The van der Waals surface area contributed by atoms with Gasteiger partial charge < -0.3 is 20.5 Å². The van der Waals surface area contributed by atoms with Crippen LogP contribution in [0.25, 0.3) is 0 Å². The second kappa shape index (κ2) is 6.79. The third-order valence-electron chi connectivity index (χ3n) is 4.58. The number of carbonyl (C=O) groups excluding carboxylic acids is 2. The van der Waals surface area contributed by atoms with Crippen LogP contribution >= 0.6 is 0 Å². The Morgan fingerprint density at radius 2 is 1.91 bits per heavy atom. The summed E-state index contributed by atoms with van der Waals surface area (Å²) in [6.07, 6.45) is 8.25. The van der Waals surface area contributed by atoms with Crippen molar-refractivity contribution in [3.05, 3.63) is 12.2 Å². The molecular weight excluding hydrogens is 284 g/mol. The Labute approximate surface area is 130 Å². The van der Waals surface area contributed by atoms with Gasteiger partial charge in [0.1, 0.15) is 6.10 Å². The van der Waals surface area contributed by atoms with Gasteiger partial charge in [-0.1, -0.05) is 12.2 Å². The second-order valence-electron chi connectivity index (χ2n) is 6.49. The van der Waals surface area contributed by atoms with Crippen LogP contribution in [-0.4, -0.2) is 47.8 Å². The smallest absolute Gasteiger partial charge is 0.223 e. The quantitative estimate of drug-likeness (QED) is 0.614. The van der Waals surface area contributed by atoms with Gasteiger partial charge >= 0.3 is 0 Å². The van der Waals surface area contributed by atoms with E-state index in [-0.39, 0.29) is 42.9 Å². The van der Waals surface area contributed by atoms with Gasteiger partial charge in [-0.3, -0.25) is 9.59 Å². The largest absolute Gasteiger partial charge is 0.394 e. The van der Waals surface area contributed by atoms with Gasteiger partial charge in [-0.25, -0.2) is 0 Å². The summed E-state index contributed by atoms with van der Waals surface area (Å²) in [5.74, 6) is 0.133. The van der Waals surface area contributed by atoms with Crippen molar-refractivity contribution in [3.8, 4) is 0 Å². The predicted octanol–water partition coefficient (Wildman–Crippen LogP) is 0.256. The lowest BCUT2D eigenvalue weighted by molar-refractivity contribution is -0.129. The summed E-state index contributed by atoms with van der Waals surface area (Å²) in [6, 6.07) is 0.00308. The molecule has 6 heteroatoms. The highest BCUT2D eigenvalue weighted by molar-refractivity contribution is 5.81. The summed E-state index contributed by atoms with van der Waals surface area (Å²) in [5, 5.41) is 15.3. The number of rotatable bonds is 6. The zero-order chi connectivity index (χ0) is 15.5. The van der Waals surface area contributed by atoms with Gasteiger partial charge in [-0.15, -0.1) is 0 Å². The van der Waals surface area contributed by atoms with Gasteiger partial charge in [0, 0.05) is 12.0 Å². The van der Waals surface area contributed by atoms with E-state index in [1.54, 1.807) is 0 Å². The maximum absolute atomic E-state index is 11.9. The highest BCUT2D eigenvalue weighted by Gasteiger charge is 2.34. The Balaban J connectivity index is 1.49. The first-order valence-corrected chi connectivity index (χ1v) is 8.20. The van der Waals surface area contributed by atoms with Crippen molar-refractivity contribution in [2.75, 3.05) is 6.61 Å². The molecule has 1 heterocycles. The number of nitrogens with one attached hydrogen (secondary N) is 2. The van der Waals surface area contributed by atoms with Crippen LogP contribution in [0.4, 0.5) is 0 Å². The van der Waals surface area contributed by atoms with Crippen LogP contribution < -0.4 is 10.6 Å². The first-order valence-electron chi connectivity index (χ1n) is 8.20. The van der Waals surface area contributed by atoms with E-state index in [1.165, 1.54) is 6.42 Å². The van der Waals surface area contributed by atoms with Crippen molar-refractivity contribution in [1.29, 1.82) is 0 Å². The average Bonchev–Trinajstić information content (AvgIpc) is 3.29. The summed E-state index contributed by atoms with van der Waals surface area (Å²) in [7, 11) is 0. The van der Waals surface area contributed by atoms with E-state index in [2.05, 4.69) is 10.6 Å². The van der Waals surface area contributed by atoms with Gasteiger partial charge in [0.2, 0.25) is 11.8 Å². The molecule has 0 aromatic heterocycles. The van der Waals surface area contributed by atoms with Gasteiger partial charge in [0.25, 0.3) is 0 Å². The summed E-state index contributed by atoms with van der Waals surface area (Å²) < 4.78 is 5.74. The molecule has 0 aromatic carbocycles. The lowest BCUT2D eigenvalue weighted by atomic mass is 9.93. The van der Waals surface area contributed by atoms with Crippen molar-refractivity contribution in [2.45, 2.75) is 62.8 Å². The summed E-state index contributed by atoms with van der Waals surface area (Å²) in [5.41, 5.74) is 0. The van der Waals surface area contributed by atoms with E-state index in [0.29, 0.717) is 6.04 Å². The molecule has 3 atom stereocenters. The minimum atomic E-state index is -0.491. The zero-order valence-electron chi connectivity index (χ0n) is 12.7. The predicted molar refractivity (Wildman–Crippen MR) is 79.9 cm³/mol. The third-order valence-corrected chi connectivity index (χ3v) is 4.58. The van der Waals surface area contributed by atoms with E-state index in [1.807, 2.05) is 12.2 Å². The Bertz CT molecular complexity index is 457. The highest BCUT2D eigenvalue weighted by Crippen LogP contribution is 2.29. The fourth-order valence-corrected chi connectivity index (χ4v) is 2.79. The molecule has 3 rings (SSSR count). The lowest BCUT2D eigenvalue weighted by Gasteiger charge is -2.32. The number of carbonyl (C=O) groups is 2. The molecule has 0 radical (unpaired) electrons. The van der Waals surface area contributed by atoms with E-state index in [4.69, 9.17) is 4.74 Å². The van der Waals surface area contributed by atoms with Crippen molar-refractivity contribution in [3.63, 3.8) is 0 Å². The second-order valence-corrected chi connectivity index (χ2v) is 6.49. The van der Waals surface area contributed by atoms with Gasteiger partial charge in [-0.2, -0.15) is 0 Å². The molecule has 122 valence electrons. The molecule has 0 unspecified atom stereocenters. The monoisotopic (exact) mass is 308 g/mol. The molecule has 0 saturated heterocycles. The standard InChI is InChI=1S/C16H24N2O4/c19-9-14-13(18-16(21)10-4-5-10)7-6-12(22-14)8-15(20)17-11-2-1-3-11/h6-7,10-14,19H,1-5,8-9H2,(H,17,20)(H,18,21)/t12-,13+,14-/m1/s1. The van der Waals surface area contributed by atoms with E-state index in [0.717, 1.165) is 25.7 Å². The van der Waals surface area contributed by atoms with Crippen LogP contribution in [0, 0.1) is 5.92 Å². The topological polar surface area (TPSA) is 87.7 Å². The first-order chi connectivity index (χ1) is 10.7. The lowest BCUT2D eigenvalue weighted by Crippen LogP contribution is -2.49. The van der Waals surface area contributed by atoms with Crippen molar-refractivity contribution < 1.29 is 19.4 Å². The number of amides is 2. The minimum absolute atomic E-state index is 0.0171. The highest BCUT2D eigenvalue weighted by atomic mass is 16.5. The van der Waals surface area contributed by atoms with Gasteiger partial charge in [0.15, 0.2) is 0 Å². The maximum Gasteiger partial charge on any atom is 0.223 e. The fraction of sp³-hybridized carbons (Fsp3) is 0.750. The van der Waals surface area contributed by atoms with E-state index >= 15 is 0 Å². The Kier molecular flexibility index (Phi) is 4.78. The van der Waals surface area contributed by atoms with Crippen LogP contribution in [0.5, 0.6) is 0 Å². The van der Waals surface area contributed by atoms with Gasteiger partial charge in [-0.05, 0) is 32.1 Å². The van der Waals surface area contributed by atoms with Crippen LogP contribution in [0.1, 0.15) is 38.5 Å². The van der Waals surface area contributed by atoms with Crippen molar-refractivity contribution in [2.24, 2.45) is 5.92 Å². The Morgan fingerprint density at radius 3 is 2.50 bits per heavy atom. The summed E-state index contributed by atoms with van der Waals surface area (Å²) >= 11 is 0. The number of hydrogen-bond donors (Lipinski definition) is 3. The average molecular weight is 308 g/mol. The summed E-state index contributed by atoms with van der Waals surface area (Å²) in [6.45, 7) is -0.180. The fourth-order valence-electron chi connectivity index (χ4n) is 2.79. The number of ether oxygens (including phenoxy) is 1. The summed E-state index contributed by atoms with van der Waals surface area (Å²) in [4.78, 5) is 23.7. The molecular formula is C16H24N2O4.